The van der Waals surface area contributed by atoms with Crippen LogP contribution in [0.25, 0.3) is 10.2 Å². The van der Waals surface area contributed by atoms with Crippen molar-refractivity contribution >= 4 is 37.3 Å². The summed E-state index contributed by atoms with van der Waals surface area (Å²) in [5.41, 5.74) is 2.05. The van der Waals surface area contributed by atoms with E-state index in [1.807, 2.05) is 31.2 Å². The fourth-order valence-corrected chi connectivity index (χ4v) is 4.37. The van der Waals surface area contributed by atoms with E-state index in [1.165, 1.54) is 12.1 Å². The van der Waals surface area contributed by atoms with E-state index in [9.17, 15) is 13.2 Å². The third-order valence-corrected chi connectivity index (χ3v) is 6.75. The lowest BCUT2D eigenvalue weighted by Gasteiger charge is -2.24. The minimum Gasteiger partial charge on any atom is -0.333 e. The van der Waals surface area contributed by atoms with Crippen LogP contribution >= 0.6 is 11.3 Å². The Hall–Kier alpha value is -2.25. The molecule has 0 fully saturated rings. The Balaban J connectivity index is 1.94. The largest absolute Gasteiger partial charge is 0.333 e. The predicted octanol–water partition coefficient (Wildman–Crippen LogP) is 3.84. The summed E-state index contributed by atoms with van der Waals surface area (Å²) in [4.78, 5) is 19.3. The monoisotopic (exact) mass is 388 g/mol. The van der Waals surface area contributed by atoms with Crippen molar-refractivity contribution in [3.05, 3.63) is 58.6 Å². The molecule has 3 aromatic rings. The van der Waals surface area contributed by atoms with Gasteiger partial charge < -0.3 is 4.90 Å². The van der Waals surface area contributed by atoms with Crippen LogP contribution in [0.3, 0.4) is 0 Å². The van der Waals surface area contributed by atoms with E-state index >= 15 is 0 Å². The number of fused-ring (bicyclic) bond motifs is 1. The summed E-state index contributed by atoms with van der Waals surface area (Å²) in [6.07, 6.45) is 1.14. The van der Waals surface area contributed by atoms with Crippen molar-refractivity contribution in [3.8, 4) is 0 Å². The Kier molecular flexibility index (Phi) is 4.86. The molecule has 0 aliphatic rings. The lowest BCUT2D eigenvalue weighted by molar-refractivity contribution is 0.0741. The average molecular weight is 389 g/mol. The minimum atomic E-state index is -3.37. The van der Waals surface area contributed by atoms with Gasteiger partial charge in [-0.1, -0.05) is 18.2 Å². The zero-order valence-electron chi connectivity index (χ0n) is 15.1. The van der Waals surface area contributed by atoms with Gasteiger partial charge in [-0.3, -0.25) is 4.79 Å². The molecule has 2 aromatic carbocycles. The van der Waals surface area contributed by atoms with Crippen LogP contribution in [-0.2, 0) is 9.84 Å². The number of para-hydroxylation sites is 1. The normalized spacial score (nSPS) is 12.9. The van der Waals surface area contributed by atoms with Crippen molar-refractivity contribution in [2.24, 2.45) is 0 Å². The maximum atomic E-state index is 13.0. The number of nitrogens with zero attached hydrogens (tertiary/aromatic N) is 2. The number of sulfone groups is 1. The highest BCUT2D eigenvalue weighted by Crippen LogP contribution is 2.30. The van der Waals surface area contributed by atoms with Crippen LogP contribution in [0, 0.1) is 6.92 Å². The molecule has 0 aliphatic carbocycles. The molecule has 26 heavy (non-hydrogen) atoms. The van der Waals surface area contributed by atoms with E-state index < -0.39 is 9.84 Å². The smallest absolute Gasteiger partial charge is 0.254 e. The number of carbonyl (C=O) groups is 1. The first-order chi connectivity index (χ1) is 12.2. The highest BCUT2D eigenvalue weighted by atomic mass is 32.2. The Bertz CT molecular complexity index is 1050. The number of thiazole rings is 1. The minimum absolute atomic E-state index is 0.146. The molecule has 0 spiro atoms. The van der Waals surface area contributed by atoms with Gasteiger partial charge in [-0.05, 0) is 43.7 Å². The van der Waals surface area contributed by atoms with Gasteiger partial charge in [0.15, 0.2) is 9.84 Å². The average Bonchev–Trinajstić information content (AvgIpc) is 3.03. The highest BCUT2D eigenvalue weighted by Gasteiger charge is 2.24. The highest BCUT2D eigenvalue weighted by molar-refractivity contribution is 7.90. The summed E-state index contributed by atoms with van der Waals surface area (Å²) in [6.45, 7) is 3.72. The molecule has 1 amide bonds. The second-order valence-corrected chi connectivity index (χ2v) is 9.44. The van der Waals surface area contributed by atoms with Gasteiger partial charge in [0.1, 0.15) is 5.01 Å². The lowest BCUT2D eigenvalue weighted by Crippen LogP contribution is -2.30. The molecule has 0 unspecified atom stereocenters. The Labute approximate surface area is 157 Å². The topological polar surface area (TPSA) is 67.3 Å². The zero-order chi connectivity index (χ0) is 19.1. The first kappa shape index (κ1) is 18.5. The van der Waals surface area contributed by atoms with Gasteiger partial charge in [0.05, 0.1) is 21.2 Å². The van der Waals surface area contributed by atoms with Crippen molar-refractivity contribution in [1.82, 2.24) is 9.88 Å². The third-order valence-electron chi connectivity index (χ3n) is 4.44. The predicted molar refractivity (Wildman–Crippen MR) is 104 cm³/mol. The summed E-state index contributed by atoms with van der Waals surface area (Å²) in [5, 5.41) is 0.846. The fourth-order valence-electron chi connectivity index (χ4n) is 2.66. The second-order valence-electron chi connectivity index (χ2n) is 6.36. The quantitative estimate of drug-likeness (QED) is 0.681. The Morgan fingerprint density at radius 1 is 1.19 bits per heavy atom. The molecule has 0 radical (unpaired) electrons. The maximum absolute atomic E-state index is 13.0. The molecule has 0 aliphatic heterocycles. The van der Waals surface area contributed by atoms with E-state index in [-0.39, 0.29) is 16.8 Å². The molecular formula is C19H20N2O3S2. The summed E-state index contributed by atoms with van der Waals surface area (Å²) in [6, 6.07) is 12.3. The van der Waals surface area contributed by atoms with Gasteiger partial charge in [-0.25, -0.2) is 13.4 Å². The molecule has 7 heteroatoms. The van der Waals surface area contributed by atoms with E-state index in [2.05, 4.69) is 4.98 Å². The number of carbonyl (C=O) groups excluding carboxylic acids is 1. The number of aromatic nitrogens is 1. The van der Waals surface area contributed by atoms with Crippen molar-refractivity contribution < 1.29 is 13.2 Å². The summed E-state index contributed by atoms with van der Waals surface area (Å²) >= 11 is 1.56. The van der Waals surface area contributed by atoms with Gasteiger partial charge in [0.25, 0.3) is 5.91 Å². The third kappa shape index (κ3) is 3.50. The SMILES string of the molecule is Cc1ccc(S(C)(=O)=O)cc1C(=O)N(C)[C@H](C)c1nc2ccccc2s1. The van der Waals surface area contributed by atoms with Crippen molar-refractivity contribution in [3.63, 3.8) is 0 Å². The van der Waals surface area contributed by atoms with E-state index in [4.69, 9.17) is 0 Å². The number of benzene rings is 2. The van der Waals surface area contributed by atoms with Crippen LogP contribution in [0.1, 0.15) is 33.9 Å². The molecule has 0 N–H and O–H groups in total. The van der Waals surface area contributed by atoms with Crippen molar-refractivity contribution in [1.29, 1.82) is 0 Å². The molecule has 3 rings (SSSR count). The van der Waals surface area contributed by atoms with Crippen LogP contribution < -0.4 is 0 Å². The van der Waals surface area contributed by atoms with Crippen LogP contribution in [0.4, 0.5) is 0 Å². The summed E-state index contributed by atoms with van der Waals surface area (Å²) < 4.78 is 24.7. The van der Waals surface area contributed by atoms with E-state index in [0.29, 0.717) is 5.56 Å². The van der Waals surface area contributed by atoms with Gasteiger partial charge in [0, 0.05) is 18.9 Å². The van der Waals surface area contributed by atoms with Crippen LogP contribution in [0.2, 0.25) is 0 Å². The molecule has 5 nitrogen and oxygen atoms in total. The molecule has 1 aromatic heterocycles. The first-order valence-corrected chi connectivity index (χ1v) is 10.8. The maximum Gasteiger partial charge on any atom is 0.254 e. The van der Waals surface area contributed by atoms with Crippen molar-refractivity contribution in [2.45, 2.75) is 24.8 Å². The molecule has 0 saturated carbocycles. The summed E-state index contributed by atoms with van der Waals surface area (Å²) in [7, 11) is -1.66. The number of rotatable bonds is 4. The van der Waals surface area contributed by atoms with Gasteiger partial charge in [-0.15, -0.1) is 11.3 Å². The Morgan fingerprint density at radius 3 is 2.54 bits per heavy atom. The van der Waals surface area contributed by atoms with Crippen molar-refractivity contribution in [2.75, 3.05) is 13.3 Å². The van der Waals surface area contributed by atoms with E-state index in [1.54, 1.807) is 36.3 Å². The van der Waals surface area contributed by atoms with Crippen LogP contribution in [-0.4, -0.2) is 37.5 Å². The zero-order valence-corrected chi connectivity index (χ0v) is 16.7. The first-order valence-electron chi connectivity index (χ1n) is 8.12. The van der Waals surface area contributed by atoms with Crippen LogP contribution in [0.15, 0.2) is 47.4 Å². The Morgan fingerprint density at radius 2 is 1.88 bits per heavy atom. The lowest BCUT2D eigenvalue weighted by atomic mass is 10.1. The molecular weight excluding hydrogens is 368 g/mol. The fraction of sp³-hybridized carbons (Fsp3) is 0.263. The van der Waals surface area contributed by atoms with E-state index in [0.717, 1.165) is 27.0 Å². The van der Waals surface area contributed by atoms with Gasteiger partial charge in [0.2, 0.25) is 0 Å². The number of hydrogen-bond donors (Lipinski definition) is 0. The van der Waals surface area contributed by atoms with Gasteiger partial charge >= 0.3 is 0 Å². The van der Waals surface area contributed by atoms with Crippen LogP contribution in [0.5, 0.6) is 0 Å². The summed E-state index contributed by atoms with van der Waals surface area (Å²) in [5.74, 6) is -0.222. The number of aryl methyl sites for hydroxylation is 1. The van der Waals surface area contributed by atoms with Gasteiger partial charge in [-0.2, -0.15) is 0 Å². The second kappa shape index (κ2) is 6.81. The molecule has 0 bridgehead atoms. The molecule has 136 valence electrons. The standard InChI is InChI=1S/C19H20N2O3S2/c1-12-9-10-14(26(4,23)24)11-15(12)19(22)21(3)13(2)18-20-16-7-5-6-8-17(16)25-18/h5-11,13H,1-4H3/t13-/m1/s1. The molecule has 1 atom stereocenters. The number of amides is 1. The molecule has 1 heterocycles. The molecule has 0 saturated heterocycles. The number of hydrogen-bond acceptors (Lipinski definition) is 5.